The molecule has 3 heterocycles. The molecule has 0 amide bonds. The van der Waals surface area contributed by atoms with Crippen LogP contribution in [0.25, 0.3) is 22.1 Å². The number of anilines is 6. The van der Waals surface area contributed by atoms with Gasteiger partial charge in [0.1, 0.15) is 5.58 Å². The van der Waals surface area contributed by atoms with Crippen LogP contribution >= 0.6 is 0 Å². The Labute approximate surface area is 420 Å². The third-order valence-electron chi connectivity index (χ3n) is 18.8. The van der Waals surface area contributed by atoms with Crippen molar-refractivity contribution < 1.29 is 4.42 Å². The molecule has 0 radical (unpaired) electrons. The van der Waals surface area contributed by atoms with Crippen LogP contribution in [0.4, 0.5) is 34.3 Å². The smallest absolute Gasteiger partial charge is 0.257 e. The fourth-order valence-electron chi connectivity index (χ4n) is 13.8. The van der Waals surface area contributed by atoms with Crippen LogP contribution in [0.1, 0.15) is 181 Å². The highest BCUT2D eigenvalue weighted by atomic mass is 16.4. The van der Waals surface area contributed by atoms with Gasteiger partial charge in [0.15, 0.2) is 0 Å². The lowest BCUT2D eigenvalue weighted by Crippen LogP contribution is -2.61. The van der Waals surface area contributed by atoms with Gasteiger partial charge in [-0.2, -0.15) is 0 Å². The summed E-state index contributed by atoms with van der Waals surface area (Å²) in [6.45, 7) is 36.4. The second kappa shape index (κ2) is 14.6. The Kier molecular flexibility index (Phi) is 9.51. The van der Waals surface area contributed by atoms with Crippen molar-refractivity contribution in [3.05, 3.63) is 148 Å². The lowest BCUT2D eigenvalue weighted by Gasteiger charge is -2.47. The van der Waals surface area contributed by atoms with Crippen LogP contribution in [-0.2, 0) is 37.9 Å². The molecule has 0 saturated carbocycles. The lowest BCUT2D eigenvalue weighted by atomic mass is 9.33. The van der Waals surface area contributed by atoms with Gasteiger partial charge in [0, 0.05) is 39.3 Å². The van der Waals surface area contributed by atoms with Gasteiger partial charge in [0.2, 0.25) is 5.88 Å². The molecule has 6 aromatic carbocycles. The first-order valence-corrected chi connectivity index (χ1v) is 26.7. The number of nitrogens with zero attached hydrogens (tertiary/aromatic N) is 2. The number of hydrogen-bond acceptors (Lipinski definition) is 3. The maximum atomic E-state index is 7.69. The average Bonchev–Trinajstić information content (AvgIpc) is 3.68. The van der Waals surface area contributed by atoms with Gasteiger partial charge in [0.25, 0.3) is 6.71 Å². The van der Waals surface area contributed by atoms with E-state index in [1.54, 1.807) is 0 Å². The third kappa shape index (κ3) is 6.66. The van der Waals surface area contributed by atoms with E-state index in [0.717, 1.165) is 43.6 Å². The fourth-order valence-corrected chi connectivity index (χ4v) is 13.8. The second-order valence-corrected chi connectivity index (χ2v) is 27.4. The summed E-state index contributed by atoms with van der Waals surface area (Å²) in [5.41, 5.74) is 24.0. The SMILES string of the molecule is CC(C)(C)c1ccc(N2c3cc4c(cc3B3c5c2cc(-c2ccccc2)cc5N(c2ccc5c(c2)C(C)(C)CCC5(C)C)c2oc5cc6c(cc5c23)C(C)(C)CCC6(C)C)C(C)(C)CCC4(C)C)cc1. The predicted octanol–water partition coefficient (Wildman–Crippen LogP) is 16.5. The van der Waals surface area contributed by atoms with E-state index in [9.17, 15) is 0 Å². The summed E-state index contributed by atoms with van der Waals surface area (Å²) in [6.07, 6.45) is 6.97. The fraction of sp³-hybridized carbons (Fsp3) is 0.424. The van der Waals surface area contributed by atoms with Gasteiger partial charge in [0.05, 0.1) is 0 Å². The molecule has 12 rings (SSSR count). The average molecular weight is 923 g/mol. The van der Waals surface area contributed by atoms with Crippen LogP contribution in [0.15, 0.2) is 114 Å². The zero-order chi connectivity index (χ0) is 49.5. The topological polar surface area (TPSA) is 19.6 Å². The highest BCUT2D eigenvalue weighted by Gasteiger charge is 2.50. The molecule has 5 aliphatic rings. The molecule has 4 heteroatoms. The van der Waals surface area contributed by atoms with E-state index < -0.39 is 0 Å². The monoisotopic (exact) mass is 923 g/mol. The van der Waals surface area contributed by atoms with Crippen LogP contribution in [0.2, 0.25) is 0 Å². The molecule has 0 spiro atoms. The van der Waals surface area contributed by atoms with Gasteiger partial charge in [-0.15, -0.1) is 0 Å². The normalized spacial score (nSPS) is 20.5. The van der Waals surface area contributed by atoms with Gasteiger partial charge >= 0.3 is 0 Å². The molecule has 358 valence electrons. The van der Waals surface area contributed by atoms with Gasteiger partial charge in [-0.1, -0.05) is 158 Å². The minimum Gasteiger partial charge on any atom is -0.440 e. The quantitative estimate of drug-likeness (QED) is 0.165. The first kappa shape index (κ1) is 45.6. The summed E-state index contributed by atoms with van der Waals surface area (Å²) >= 11 is 0. The molecule has 0 N–H and O–H groups in total. The van der Waals surface area contributed by atoms with E-state index in [1.165, 1.54) is 107 Å². The van der Waals surface area contributed by atoms with Crippen LogP contribution in [0.3, 0.4) is 0 Å². The molecule has 7 aromatic rings. The molecular formula is C66H75BN2O. The molecule has 0 atom stereocenters. The van der Waals surface area contributed by atoms with Crippen molar-refractivity contribution in [2.45, 2.75) is 180 Å². The van der Waals surface area contributed by atoms with Crippen LogP contribution in [0, 0.1) is 0 Å². The van der Waals surface area contributed by atoms with E-state index in [0.29, 0.717) is 0 Å². The largest absolute Gasteiger partial charge is 0.440 e. The summed E-state index contributed by atoms with van der Waals surface area (Å²) in [5, 5.41) is 1.25. The Balaban J connectivity index is 1.25. The predicted molar refractivity (Wildman–Crippen MR) is 300 cm³/mol. The zero-order valence-electron chi connectivity index (χ0n) is 45.0. The van der Waals surface area contributed by atoms with Crippen LogP contribution in [-0.4, -0.2) is 6.71 Å². The molecule has 2 aliphatic heterocycles. The van der Waals surface area contributed by atoms with Crippen molar-refractivity contribution in [2.75, 3.05) is 9.80 Å². The van der Waals surface area contributed by atoms with Crippen LogP contribution in [0.5, 0.6) is 0 Å². The highest BCUT2D eigenvalue weighted by Crippen LogP contribution is 2.55. The Morgan fingerprint density at radius 3 is 1.49 bits per heavy atom. The van der Waals surface area contributed by atoms with E-state index in [2.05, 4.69) is 223 Å². The highest BCUT2D eigenvalue weighted by molar-refractivity contribution is 7.01. The molecule has 70 heavy (non-hydrogen) atoms. The van der Waals surface area contributed by atoms with E-state index in [1.807, 2.05) is 0 Å². The summed E-state index contributed by atoms with van der Waals surface area (Å²) < 4.78 is 7.69. The molecule has 0 bridgehead atoms. The molecule has 3 aliphatic carbocycles. The number of hydrogen-bond donors (Lipinski definition) is 0. The number of benzene rings is 6. The summed E-state index contributed by atoms with van der Waals surface area (Å²) in [7, 11) is 0. The third-order valence-corrected chi connectivity index (χ3v) is 18.8. The molecule has 3 nitrogen and oxygen atoms in total. The lowest BCUT2D eigenvalue weighted by molar-refractivity contribution is 0.332. The van der Waals surface area contributed by atoms with E-state index >= 15 is 0 Å². The van der Waals surface area contributed by atoms with Crippen molar-refractivity contribution in [3.8, 4) is 11.1 Å². The molecule has 0 saturated heterocycles. The van der Waals surface area contributed by atoms with Crippen molar-refractivity contribution in [1.82, 2.24) is 0 Å². The van der Waals surface area contributed by atoms with Crippen molar-refractivity contribution in [2.24, 2.45) is 0 Å². The molecular weight excluding hydrogens is 848 g/mol. The van der Waals surface area contributed by atoms with E-state index in [-0.39, 0.29) is 44.6 Å². The molecule has 0 fully saturated rings. The Hall–Kier alpha value is -5.48. The maximum Gasteiger partial charge on any atom is 0.257 e. The van der Waals surface area contributed by atoms with Crippen molar-refractivity contribution in [1.29, 1.82) is 0 Å². The Morgan fingerprint density at radius 2 is 0.914 bits per heavy atom. The van der Waals surface area contributed by atoms with Gasteiger partial charge < -0.3 is 9.32 Å². The minimum atomic E-state index is -0.0701. The number of rotatable bonds is 3. The summed E-state index contributed by atoms with van der Waals surface area (Å²) in [6, 6.07) is 43.4. The van der Waals surface area contributed by atoms with Crippen molar-refractivity contribution in [3.63, 3.8) is 0 Å². The van der Waals surface area contributed by atoms with E-state index in [4.69, 9.17) is 4.42 Å². The summed E-state index contributed by atoms with van der Waals surface area (Å²) in [5.74, 6) is 0.959. The summed E-state index contributed by atoms with van der Waals surface area (Å²) in [4.78, 5) is 5.21. The minimum absolute atomic E-state index is 0.0275. The standard InChI is InChI=1S/C66H75BN2O/c1-60(2,3)42-21-23-43(24-22-42)68-53-38-50-49(64(10,11)30-31-65(50,12)13)37-52(53)67-57-45-36-48-51(66(14,15)32-29-63(48,8)9)39-56(45)70-59(57)69(44-25-26-46-47(35-44)62(6,7)28-27-61(46,4)5)55-34-41(33-54(68)58(55)67)40-19-17-16-18-20-40/h16-26,33-39H,27-32H2,1-15H3. The molecule has 1 aromatic heterocycles. The first-order chi connectivity index (χ1) is 32.8. The second-order valence-electron chi connectivity index (χ2n) is 27.4. The number of furan rings is 1. The Morgan fingerprint density at radius 1 is 0.429 bits per heavy atom. The van der Waals surface area contributed by atoms with Gasteiger partial charge in [-0.3, -0.25) is 4.90 Å². The molecule has 0 unspecified atom stereocenters. The maximum absolute atomic E-state index is 7.69. The van der Waals surface area contributed by atoms with Crippen molar-refractivity contribution >= 4 is 68.4 Å². The number of fused-ring (bicyclic) bond motifs is 9. The van der Waals surface area contributed by atoms with Gasteiger partial charge in [-0.05, 0) is 192 Å². The first-order valence-electron chi connectivity index (χ1n) is 26.7. The zero-order valence-corrected chi connectivity index (χ0v) is 45.0. The van der Waals surface area contributed by atoms with Gasteiger partial charge in [-0.25, -0.2) is 0 Å². The van der Waals surface area contributed by atoms with Crippen LogP contribution < -0.4 is 26.2 Å². The Bertz CT molecular complexity index is 3310.